The highest BCUT2D eigenvalue weighted by Crippen LogP contribution is 2.27. The molecule has 4 rings (SSSR count). The smallest absolute Gasteiger partial charge is 0.129 e. The molecule has 232 valence electrons. The minimum absolute atomic E-state index is 0.256. The second-order valence-corrected chi connectivity index (χ2v) is 10.2. The largest absolute Gasteiger partial charge is 0.496 e. The van der Waals surface area contributed by atoms with Gasteiger partial charge in [-0.2, -0.15) is 0 Å². The molecule has 2 heterocycles. The number of rotatable bonds is 15. The number of nitrogens with zero attached hydrogens (tertiary/aromatic N) is 2. The maximum Gasteiger partial charge on any atom is 0.129 e. The van der Waals surface area contributed by atoms with Crippen molar-refractivity contribution in [2.75, 3.05) is 93.1 Å². The molecule has 2 saturated heterocycles. The van der Waals surface area contributed by atoms with E-state index in [4.69, 9.17) is 39.6 Å². The lowest BCUT2D eigenvalue weighted by Crippen LogP contribution is -2.38. The second kappa shape index (κ2) is 17.3. The minimum atomic E-state index is 0.256. The van der Waals surface area contributed by atoms with Gasteiger partial charge >= 0.3 is 0 Å². The van der Waals surface area contributed by atoms with Crippen LogP contribution in [0.3, 0.4) is 0 Å². The fourth-order valence-electron chi connectivity index (χ4n) is 4.71. The summed E-state index contributed by atoms with van der Waals surface area (Å²) >= 11 is 0. The molecule has 0 unspecified atom stereocenters. The molecule has 2 aliphatic rings. The molecule has 2 aliphatic heterocycles. The van der Waals surface area contributed by atoms with E-state index in [1.165, 1.54) is 0 Å². The molecule has 0 amide bonds. The van der Waals surface area contributed by atoms with Crippen LogP contribution in [0.4, 0.5) is 0 Å². The molecule has 10 nitrogen and oxygen atoms in total. The van der Waals surface area contributed by atoms with E-state index in [-0.39, 0.29) is 5.71 Å². The summed E-state index contributed by atoms with van der Waals surface area (Å²) in [4.78, 5) is 4.66. The molecule has 0 bridgehead atoms. The number of allylic oxidation sites excluding steroid dienone is 3. The quantitative estimate of drug-likeness (QED) is 0.236. The number of hydrogen-bond donors (Lipinski definition) is 2. The Morgan fingerprint density at radius 2 is 1.23 bits per heavy atom. The van der Waals surface area contributed by atoms with Crippen molar-refractivity contribution in [3.8, 4) is 23.0 Å². The average molecular weight is 593 g/mol. The third-order valence-electron chi connectivity index (χ3n) is 7.19. The SMILES string of the molecule is COc1cc(OCCN2CCOCC2)ccc1/C=C/C(=N)/C=C(N)/C=C/c1ccc(OCCN2CCOCC2)cc1OC. The van der Waals surface area contributed by atoms with E-state index in [1.54, 1.807) is 32.4 Å². The van der Waals surface area contributed by atoms with Gasteiger partial charge in [0, 0.05) is 68.2 Å². The van der Waals surface area contributed by atoms with Crippen LogP contribution < -0.4 is 24.7 Å². The number of morpholine rings is 2. The number of nitrogens with two attached hydrogens (primary N) is 1. The molecule has 0 aromatic heterocycles. The van der Waals surface area contributed by atoms with E-state index in [1.807, 2.05) is 48.6 Å². The summed E-state index contributed by atoms with van der Waals surface area (Å²) in [6.45, 7) is 9.75. The van der Waals surface area contributed by atoms with E-state index in [0.717, 1.165) is 88.3 Å². The summed E-state index contributed by atoms with van der Waals surface area (Å²) in [5, 5.41) is 8.35. The Morgan fingerprint density at radius 3 is 1.70 bits per heavy atom. The fraction of sp³-hybridized carbons (Fsp3) is 0.424. The van der Waals surface area contributed by atoms with E-state index >= 15 is 0 Å². The summed E-state index contributed by atoms with van der Waals surface area (Å²) in [6.07, 6.45) is 8.72. The van der Waals surface area contributed by atoms with Gasteiger partial charge in [-0.15, -0.1) is 0 Å². The highest BCUT2D eigenvalue weighted by Gasteiger charge is 2.12. The summed E-state index contributed by atoms with van der Waals surface area (Å²) in [5.74, 6) is 2.85. The monoisotopic (exact) mass is 592 g/mol. The van der Waals surface area contributed by atoms with Crippen LogP contribution in [0.5, 0.6) is 23.0 Å². The van der Waals surface area contributed by atoms with Gasteiger partial charge in [-0.1, -0.05) is 0 Å². The Kier molecular flexibility index (Phi) is 12.9. The fourth-order valence-corrected chi connectivity index (χ4v) is 4.71. The Bertz CT molecular complexity index is 1270. The van der Waals surface area contributed by atoms with Gasteiger partial charge in [-0.05, 0) is 54.6 Å². The van der Waals surface area contributed by atoms with Crippen molar-refractivity contribution in [1.82, 2.24) is 9.80 Å². The van der Waals surface area contributed by atoms with E-state index in [0.29, 0.717) is 30.4 Å². The average Bonchev–Trinajstić information content (AvgIpc) is 3.04. The molecular formula is C33H44N4O6. The third kappa shape index (κ3) is 10.7. The number of ether oxygens (including phenoxy) is 6. The van der Waals surface area contributed by atoms with Gasteiger partial charge in [0.05, 0.1) is 46.4 Å². The van der Waals surface area contributed by atoms with Crippen molar-refractivity contribution in [1.29, 1.82) is 5.41 Å². The summed E-state index contributed by atoms with van der Waals surface area (Å²) in [6, 6.07) is 11.4. The molecule has 2 aromatic rings. The first kappa shape index (κ1) is 32.1. The number of nitrogens with one attached hydrogen (secondary N) is 1. The first-order valence-corrected chi connectivity index (χ1v) is 14.7. The van der Waals surface area contributed by atoms with Gasteiger partial charge in [0.15, 0.2) is 0 Å². The van der Waals surface area contributed by atoms with Crippen molar-refractivity contribution >= 4 is 17.9 Å². The van der Waals surface area contributed by atoms with E-state index in [2.05, 4.69) is 9.80 Å². The number of methoxy groups -OCH3 is 2. The van der Waals surface area contributed by atoms with Crippen LogP contribution in [0.1, 0.15) is 11.1 Å². The normalized spacial score (nSPS) is 16.9. The van der Waals surface area contributed by atoms with Crippen LogP contribution in [0.25, 0.3) is 12.2 Å². The molecule has 0 atom stereocenters. The molecule has 10 heteroatoms. The molecule has 0 aliphatic carbocycles. The third-order valence-corrected chi connectivity index (χ3v) is 7.19. The highest BCUT2D eigenvalue weighted by atomic mass is 16.5. The molecular weight excluding hydrogens is 548 g/mol. The Balaban J connectivity index is 1.27. The standard InChI is InChI=1S/C33H44N4O6/c1-38-32-24-30(42-21-15-36-11-17-40-18-12-36)9-5-26(32)3-7-28(34)23-29(35)8-4-27-6-10-31(25-33(27)39-2)43-22-16-37-13-19-41-20-14-37/h3-10,23-25,34H,11-22,35H2,1-2H3/b7-3+,8-4+,29-23-,34-28?. The molecule has 0 saturated carbocycles. The van der Waals surface area contributed by atoms with Crippen molar-refractivity contribution in [3.05, 3.63) is 71.5 Å². The minimum Gasteiger partial charge on any atom is -0.496 e. The van der Waals surface area contributed by atoms with Crippen molar-refractivity contribution in [2.45, 2.75) is 0 Å². The number of benzene rings is 2. The van der Waals surface area contributed by atoms with Crippen molar-refractivity contribution < 1.29 is 28.4 Å². The summed E-state index contributed by atoms with van der Waals surface area (Å²) < 4.78 is 33.8. The maximum absolute atomic E-state index is 8.35. The molecule has 0 spiro atoms. The Hall–Kier alpha value is -3.83. The lowest BCUT2D eigenvalue weighted by Gasteiger charge is -2.26. The topological polar surface area (TPSA) is 112 Å². The zero-order valence-corrected chi connectivity index (χ0v) is 25.3. The van der Waals surface area contributed by atoms with Crippen molar-refractivity contribution in [2.24, 2.45) is 5.73 Å². The molecule has 2 aromatic carbocycles. The van der Waals surface area contributed by atoms with Gasteiger partial charge in [0.25, 0.3) is 0 Å². The molecule has 43 heavy (non-hydrogen) atoms. The second-order valence-electron chi connectivity index (χ2n) is 10.2. The van der Waals surface area contributed by atoms with Gasteiger partial charge in [0.2, 0.25) is 0 Å². The lowest BCUT2D eigenvalue weighted by molar-refractivity contribution is 0.0321. The van der Waals surface area contributed by atoms with Crippen LogP contribution in [0, 0.1) is 5.41 Å². The first-order valence-electron chi connectivity index (χ1n) is 14.7. The van der Waals surface area contributed by atoms with Crippen LogP contribution in [-0.2, 0) is 9.47 Å². The van der Waals surface area contributed by atoms with Crippen LogP contribution >= 0.6 is 0 Å². The van der Waals surface area contributed by atoms with E-state index < -0.39 is 0 Å². The highest BCUT2D eigenvalue weighted by molar-refractivity contribution is 6.05. The Labute approximate surface area is 254 Å². The van der Waals surface area contributed by atoms with Crippen molar-refractivity contribution in [3.63, 3.8) is 0 Å². The predicted octanol–water partition coefficient (Wildman–Crippen LogP) is 3.71. The van der Waals surface area contributed by atoms with E-state index in [9.17, 15) is 0 Å². The van der Waals surface area contributed by atoms with Gasteiger partial charge in [-0.25, -0.2) is 0 Å². The lowest BCUT2D eigenvalue weighted by atomic mass is 10.1. The first-order chi connectivity index (χ1) is 21.0. The molecule has 3 N–H and O–H groups in total. The zero-order valence-electron chi connectivity index (χ0n) is 25.3. The predicted molar refractivity (Wildman–Crippen MR) is 170 cm³/mol. The van der Waals surface area contributed by atoms with Gasteiger partial charge in [-0.3, -0.25) is 9.80 Å². The Morgan fingerprint density at radius 1 is 0.767 bits per heavy atom. The molecule has 2 fully saturated rings. The number of hydrogen-bond acceptors (Lipinski definition) is 10. The summed E-state index contributed by atoms with van der Waals surface area (Å²) in [5.41, 5.74) is 8.59. The van der Waals surface area contributed by atoms with Crippen LogP contribution in [-0.4, -0.2) is 109 Å². The zero-order chi connectivity index (χ0) is 30.3. The summed E-state index contributed by atoms with van der Waals surface area (Å²) in [7, 11) is 3.25. The van der Waals surface area contributed by atoms with Crippen LogP contribution in [0.15, 0.2) is 60.3 Å². The molecule has 0 radical (unpaired) electrons. The van der Waals surface area contributed by atoms with Gasteiger partial charge < -0.3 is 39.6 Å². The van der Waals surface area contributed by atoms with Crippen LogP contribution in [0.2, 0.25) is 0 Å². The maximum atomic E-state index is 8.35. The van der Waals surface area contributed by atoms with Gasteiger partial charge in [0.1, 0.15) is 36.2 Å².